The average Bonchev–Trinajstić information content (AvgIpc) is 3.39. The molecular formula is C22H25NO4S2. The van der Waals surface area contributed by atoms with Crippen LogP contribution in [-0.4, -0.2) is 31.0 Å². The number of hydrogen-bond acceptors (Lipinski definition) is 5. The largest absolute Gasteiger partial charge is 0.467 e. The Labute approximate surface area is 175 Å². The number of furan rings is 1. The molecule has 3 aromatic rings. The van der Waals surface area contributed by atoms with E-state index in [4.69, 9.17) is 4.42 Å². The quantitative estimate of drug-likeness (QED) is 0.505. The van der Waals surface area contributed by atoms with E-state index < -0.39 is 15.1 Å². The second kappa shape index (κ2) is 9.41. The van der Waals surface area contributed by atoms with Crippen molar-refractivity contribution >= 4 is 27.1 Å². The van der Waals surface area contributed by atoms with Gasteiger partial charge in [-0.3, -0.25) is 4.79 Å². The van der Waals surface area contributed by atoms with Crippen molar-refractivity contribution < 1.29 is 17.6 Å². The second-order valence-corrected chi connectivity index (χ2v) is 10.7. The lowest BCUT2D eigenvalue weighted by Gasteiger charge is -2.22. The molecule has 0 aliphatic rings. The zero-order valence-corrected chi connectivity index (χ0v) is 18.2. The van der Waals surface area contributed by atoms with E-state index in [0.717, 1.165) is 17.7 Å². The zero-order chi connectivity index (χ0) is 20.9. The molecule has 1 amide bonds. The van der Waals surface area contributed by atoms with Crippen LogP contribution < -0.4 is 0 Å². The van der Waals surface area contributed by atoms with Gasteiger partial charge in [-0.05, 0) is 61.5 Å². The molecule has 3 rings (SSSR count). The second-order valence-electron chi connectivity index (χ2n) is 7.14. The van der Waals surface area contributed by atoms with Gasteiger partial charge in [0, 0.05) is 11.4 Å². The maximum Gasteiger partial charge on any atom is 0.227 e. The molecule has 5 nitrogen and oxygen atoms in total. The summed E-state index contributed by atoms with van der Waals surface area (Å²) in [4.78, 5) is 16.3. The minimum atomic E-state index is -3.31. The van der Waals surface area contributed by atoms with E-state index >= 15 is 0 Å². The summed E-state index contributed by atoms with van der Waals surface area (Å²) >= 11 is 1.68. The summed E-state index contributed by atoms with van der Waals surface area (Å²) in [6, 6.07) is 14.3. The van der Waals surface area contributed by atoms with Gasteiger partial charge in [-0.15, -0.1) is 11.3 Å². The molecule has 0 radical (unpaired) electrons. The standard InChI is InChI=1S/C22H25NO4S2/c1-17(2)29(25,26)21-9-7-18(8-10-21)15-22(24)23(16-19-5-3-13-27-19)12-11-20-6-4-14-28-20/h3-10,13-14,17H,11-12,15-16H2,1-2H3. The van der Waals surface area contributed by atoms with Gasteiger partial charge in [0.2, 0.25) is 5.91 Å². The third-order valence-corrected chi connectivity index (χ3v) is 7.82. The summed E-state index contributed by atoms with van der Waals surface area (Å²) < 4.78 is 29.9. The van der Waals surface area contributed by atoms with Gasteiger partial charge >= 0.3 is 0 Å². The van der Waals surface area contributed by atoms with Crippen molar-refractivity contribution in [1.82, 2.24) is 4.90 Å². The van der Waals surface area contributed by atoms with Crippen LogP contribution in [0.4, 0.5) is 0 Å². The highest BCUT2D eigenvalue weighted by molar-refractivity contribution is 7.92. The van der Waals surface area contributed by atoms with E-state index in [1.807, 2.05) is 23.6 Å². The highest BCUT2D eigenvalue weighted by atomic mass is 32.2. The number of carbonyl (C=O) groups is 1. The van der Waals surface area contributed by atoms with Crippen LogP contribution in [0.25, 0.3) is 0 Å². The molecule has 0 atom stereocenters. The summed E-state index contributed by atoms with van der Waals surface area (Å²) in [5.41, 5.74) is 0.790. The van der Waals surface area contributed by atoms with Crippen molar-refractivity contribution in [3.8, 4) is 0 Å². The van der Waals surface area contributed by atoms with Crippen LogP contribution in [0.1, 0.15) is 30.0 Å². The van der Waals surface area contributed by atoms with Gasteiger partial charge < -0.3 is 9.32 Å². The van der Waals surface area contributed by atoms with Crippen molar-refractivity contribution in [2.24, 2.45) is 0 Å². The molecule has 0 aliphatic heterocycles. The highest BCUT2D eigenvalue weighted by Gasteiger charge is 2.20. The first kappa shape index (κ1) is 21.3. The molecule has 2 heterocycles. The summed E-state index contributed by atoms with van der Waals surface area (Å²) in [5, 5.41) is 1.55. The fraction of sp³-hybridized carbons (Fsp3) is 0.318. The molecule has 0 N–H and O–H groups in total. The van der Waals surface area contributed by atoms with Crippen LogP contribution in [0.3, 0.4) is 0 Å². The molecule has 0 spiro atoms. The van der Waals surface area contributed by atoms with E-state index in [1.54, 1.807) is 60.6 Å². The normalized spacial score (nSPS) is 11.7. The van der Waals surface area contributed by atoms with E-state index in [9.17, 15) is 13.2 Å². The first-order valence-electron chi connectivity index (χ1n) is 9.51. The van der Waals surface area contributed by atoms with Crippen LogP contribution in [0.15, 0.2) is 69.5 Å². The monoisotopic (exact) mass is 431 g/mol. The summed E-state index contributed by atoms with van der Waals surface area (Å²) in [6.07, 6.45) is 2.61. The van der Waals surface area contributed by atoms with Gasteiger partial charge in [0.25, 0.3) is 0 Å². The molecule has 154 valence electrons. The van der Waals surface area contributed by atoms with Gasteiger partial charge in [0.1, 0.15) is 5.76 Å². The van der Waals surface area contributed by atoms with Gasteiger partial charge in [0.15, 0.2) is 9.84 Å². The number of hydrogen-bond donors (Lipinski definition) is 0. The Morgan fingerprint density at radius 2 is 1.86 bits per heavy atom. The van der Waals surface area contributed by atoms with Crippen LogP contribution in [0, 0.1) is 0 Å². The lowest BCUT2D eigenvalue weighted by molar-refractivity contribution is -0.131. The van der Waals surface area contributed by atoms with Crippen LogP contribution in [-0.2, 0) is 34.0 Å². The van der Waals surface area contributed by atoms with Gasteiger partial charge in [-0.2, -0.15) is 0 Å². The van der Waals surface area contributed by atoms with E-state index in [-0.39, 0.29) is 17.2 Å². The molecule has 0 fully saturated rings. The smallest absolute Gasteiger partial charge is 0.227 e. The lowest BCUT2D eigenvalue weighted by Crippen LogP contribution is -2.33. The number of benzene rings is 1. The zero-order valence-electron chi connectivity index (χ0n) is 16.6. The van der Waals surface area contributed by atoms with Crippen molar-refractivity contribution in [3.63, 3.8) is 0 Å². The number of nitrogens with zero attached hydrogens (tertiary/aromatic N) is 1. The van der Waals surface area contributed by atoms with E-state index in [1.165, 1.54) is 4.88 Å². The van der Waals surface area contributed by atoms with E-state index in [2.05, 4.69) is 6.07 Å². The Kier molecular flexibility index (Phi) is 6.92. The summed E-state index contributed by atoms with van der Waals surface area (Å²) in [5.74, 6) is 0.723. The number of thiophene rings is 1. The van der Waals surface area contributed by atoms with Gasteiger partial charge in [-0.25, -0.2) is 8.42 Å². The van der Waals surface area contributed by atoms with Crippen molar-refractivity contribution in [2.45, 2.75) is 43.4 Å². The minimum Gasteiger partial charge on any atom is -0.467 e. The van der Waals surface area contributed by atoms with Gasteiger partial charge in [-0.1, -0.05) is 18.2 Å². The topological polar surface area (TPSA) is 67.6 Å². The van der Waals surface area contributed by atoms with Crippen LogP contribution in [0.2, 0.25) is 0 Å². The molecule has 0 saturated carbocycles. The Hall–Kier alpha value is -2.38. The molecule has 0 saturated heterocycles. The molecule has 1 aromatic carbocycles. The van der Waals surface area contributed by atoms with Gasteiger partial charge in [0.05, 0.1) is 29.4 Å². The van der Waals surface area contributed by atoms with E-state index in [0.29, 0.717) is 13.1 Å². The SMILES string of the molecule is CC(C)S(=O)(=O)c1ccc(CC(=O)N(CCc2cccs2)Cc2ccco2)cc1. The van der Waals surface area contributed by atoms with Crippen LogP contribution >= 0.6 is 11.3 Å². The molecule has 2 aromatic heterocycles. The fourth-order valence-corrected chi connectivity index (χ4v) is 4.70. The Morgan fingerprint density at radius 1 is 1.10 bits per heavy atom. The Balaban J connectivity index is 1.69. The van der Waals surface area contributed by atoms with Crippen molar-refractivity contribution in [3.05, 3.63) is 76.4 Å². The third-order valence-electron chi connectivity index (χ3n) is 4.72. The number of carbonyl (C=O) groups excluding carboxylic acids is 1. The molecule has 0 aliphatic carbocycles. The Morgan fingerprint density at radius 3 is 2.45 bits per heavy atom. The Bertz CT molecular complexity index is 1010. The first-order valence-corrected chi connectivity index (χ1v) is 11.9. The fourth-order valence-electron chi connectivity index (χ4n) is 2.94. The molecule has 0 unspecified atom stereocenters. The molecule has 0 bridgehead atoms. The lowest BCUT2D eigenvalue weighted by atomic mass is 10.1. The highest BCUT2D eigenvalue weighted by Crippen LogP contribution is 2.18. The van der Waals surface area contributed by atoms with Crippen LogP contribution in [0.5, 0.6) is 0 Å². The first-order chi connectivity index (χ1) is 13.9. The summed E-state index contributed by atoms with van der Waals surface area (Å²) in [7, 11) is -3.31. The van der Waals surface area contributed by atoms with Crippen molar-refractivity contribution in [2.75, 3.05) is 6.54 Å². The molecular weight excluding hydrogens is 406 g/mol. The average molecular weight is 432 g/mol. The number of rotatable bonds is 9. The predicted octanol–water partition coefficient (Wildman–Crippen LogP) is 4.34. The summed E-state index contributed by atoms with van der Waals surface area (Å²) in [6.45, 7) is 4.33. The third kappa shape index (κ3) is 5.58. The predicted molar refractivity (Wildman–Crippen MR) is 115 cm³/mol. The number of amides is 1. The molecule has 29 heavy (non-hydrogen) atoms. The molecule has 7 heteroatoms. The van der Waals surface area contributed by atoms with Crippen molar-refractivity contribution in [1.29, 1.82) is 0 Å². The minimum absolute atomic E-state index is 0.0163. The maximum absolute atomic E-state index is 13.0. The number of sulfone groups is 1. The maximum atomic E-state index is 13.0.